The Balaban J connectivity index is 1.62. The van der Waals surface area contributed by atoms with Crippen LogP contribution in [0.15, 0.2) is 23.8 Å². The minimum absolute atomic E-state index is 0.162. The summed E-state index contributed by atoms with van der Waals surface area (Å²) in [6.45, 7) is 3.27. The number of amides is 1. The molecule has 0 aromatic carbocycles. The Labute approximate surface area is 127 Å². The lowest BCUT2D eigenvalue weighted by molar-refractivity contribution is -0.129. The van der Waals surface area contributed by atoms with Crippen LogP contribution in [0, 0.1) is 0 Å². The quantitative estimate of drug-likeness (QED) is 0.942. The second kappa shape index (κ2) is 6.17. The molecule has 21 heavy (non-hydrogen) atoms. The van der Waals surface area contributed by atoms with Crippen molar-refractivity contribution in [3.63, 3.8) is 0 Å². The van der Waals surface area contributed by atoms with Crippen LogP contribution >= 0.6 is 11.3 Å². The van der Waals surface area contributed by atoms with Gasteiger partial charge in [-0.25, -0.2) is 15.0 Å². The summed E-state index contributed by atoms with van der Waals surface area (Å²) < 4.78 is 0. The molecule has 1 N–H and O–H groups in total. The van der Waals surface area contributed by atoms with E-state index in [1.165, 1.54) is 0 Å². The first-order valence-electron chi connectivity index (χ1n) is 6.97. The predicted molar refractivity (Wildman–Crippen MR) is 81.7 cm³/mol. The summed E-state index contributed by atoms with van der Waals surface area (Å²) >= 11 is 1.56. The molecule has 7 heteroatoms. The molecule has 1 aliphatic heterocycles. The average molecular weight is 303 g/mol. The Morgan fingerprint density at radius 3 is 2.71 bits per heavy atom. The van der Waals surface area contributed by atoms with Gasteiger partial charge in [0.25, 0.3) is 0 Å². The number of piperidine rings is 1. The summed E-state index contributed by atoms with van der Waals surface area (Å²) in [5.41, 5.74) is 1.10. The highest BCUT2D eigenvalue weighted by Gasteiger charge is 2.23. The monoisotopic (exact) mass is 303 g/mol. The minimum atomic E-state index is 0.162. The second-order valence-corrected chi connectivity index (χ2v) is 5.91. The van der Waals surface area contributed by atoms with Gasteiger partial charge in [0, 0.05) is 43.7 Å². The van der Waals surface area contributed by atoms with Crippen molar-refractivity contribution in [3.05, 3.63) is 29.5 Å². The average Bonchev–Trinajstić information content (AvgIpc) is 2.97. The van der Waals surface area contributed by atoms with Crippen molar-refractivity contribution < 1.29 is 4.79 Å². The summed E-state index contributed by atoms with van der Waals surface area (Å²) in [5, 5.41) is 6.00. The van der Waals surface area contributed by atoms with Crippen LogP contribution in [0.4, 0.5) is 11.1 Å². The maximum Gasteiger partial charge on any atom is 0.228 e. The Morgan fingerprint density at radius 1 is 1.33 bits per heavy atom. The van der Waals surface area contributed by atoms with Crippen LogP contribution < -0.4 is 5.32 Å². The van der Waals surface area contributed by atoms with E-state index < -0.39 is 0 Å². The molecule has 1 aliphatic rings. The van der Waals surface area contributed by atoms with E-state index >= 15 is 0 Å². The molecule has 3 heterocycles. The van der Waals surface area contributed by atoms with Gasteiger partial charge in [-0.05, 0) is 18.9 Å². The molecule has 0 atom stereocenters. The van der Waals surface area contributed by atoms with Crippen molar-refractivity contribution in [2.45, 2.75) is 25.7 Å². The molecule has 0 aliphatic carbocycles. The lowest BCUT2D eigenvalue weighted by atomic mass is 9.94. The number of anilines is 2. The van der Waals surface area contributed by atoms with Gasteiger partial charge in [-0.2, -0.15) is 0 Å². The molecule has 1 amide bonds. The van der Waals surface area contributed by atoms with Crippen molar-refractivity contribution in [2.75, 3.05) is 18.4 Å². The van der Waals surface area contributed by atoms with E-state index in [4.69, 9.17) is 0 Å². The number of carbonyl (C=O) groups excluding carboxylic acids is 1. The highest BCUT2D eigenvalue weighted by atomic mass is 32.1. The first kappa shape index (κ1) is 13.9. The van der Waals surface area contributed by atoms with Gasteiger partial charge in [-0.15, -0.1) is 11.3 Å². The predicted octanol–water partition coefficient (Wildman–Crippen LogP) is 2.40. The zero-order chi connectivity index (χ0) is 14.7. The van der Waals surface area contributed by atoms with Crippen molar-refractivity contribution in [1.82, 2.24) is 19.9 Å². The van der Waals surface area contributed by atoms with Gasteiger partial charge in [0.1, 0.15) is 0 Å². The molecule has 0 spiro atoms. The van der Waals surface area contributed by atoms with Gasteiger partial charge in [-0.1, -0.05) is 0 Å². The number of carbonyl (C=O) groups is 1. The van der Waals surface area contributed by atoms with Gasteiger partial charge in [0.15, 0.2) is 5.13 Å². The third-order valence-electron chi connectivity index (χ3n) is 3.67. The molecule has 3 rings (SSSR count). The zero-order valence-electron chi connectivity index (χ0n) is 11.8. The van der Waals surface area contributed by atoms with E-state index in [-0.39, 0.29) is 5.91 Å². The molecule has 2 aromatic heterocycles. The normalized spacial score (nSPS) is 16.0. The van der Waals surface area contributed by atoms with Crippen LogP contribution in [-0.4, -0.2) is 38.8 Å². The van der Waals surface area contributed by atoms with Crippen LogP contribution in [0.25, 0.3) is 0 Å². The maximum absolute atomic E-state index is 11.3. The van der Waals surface area contributed by atoms with E-state index in [1.54, 1.807) is 36.7 Å². The van der Waals surface area contributed by atoms with E-state index in [9.17, 15) is 4.79 Å². The molecule has 110 valence electrons. The van der Waals surface area contributed by atoms with Crippen LogP contribution in [0.1, 0.15) is 31.4 Å². The number of nitrogens with one attached hydrogen (secondary N) is 1. The van der Waals surface area contributed by atoms with Gasteiger partial charge >= 0.3 is 0 Å². The zero-order valence-corrected chi connectivity index (χ0v) is 12.6. The van der Waals surface area contributed by atoms with Gasteiger partial charge in [-0.3, -0.25) is 4.79 Å². The van der Waals surface area contributed by atoms with E-state index in [0.717, 1.165) is 36.8 Å². The highest BCUT2D eigenvalue weighted by Crippen LogP contribution is 2.31. The molecular weight excluding hydrogens is 286 g/mol. The number of likely N-dealkylation sites (tertiary alicyclic amines) is 1. The Bertz CT molecular complexity index is 607. The van der Waals surface area contributed by atoms with E-state index in [0.29, 0.717) is 11.9 Å². The van der Waals surface area contributed by atoms with Crippen molar-refractivity contribution in [2.24, 2.45) is 0 Å². The largest absolute Gasteiger partial charge is 0.343 e. The Kier molecular flexibility index (Phi) is 4.10. The standard InChI is InChI=1S/C14H17N5OS/c1-10(20)19-7-3-11(4-8-19)12-9-21-14(17-12)18-13-15-5-2-6-16-13/h2,5-6,9,11H,3-4,7-8H2,1H3,(H,15,16,17,18). The first-order chi connectivity index (χ1) is 10.2. The fourth-order valence-electron chi connectivity index (χ4n) is 2.48. The van der Waals surface area contributed by atoms with Crippen LogP contribution in [0.5, 0.6) is 0 Å². The van der Waals surface area contributed by atoms with Crippen LogP contribution in [0.2, 0.25) is 0 Å². The van der Waals surface area contributed by atoms with Gasteiger partial charge < -0.3 is 10.2 Å². The Hall–Kier alpha value is -2.02. The first-order valence-corrected chi connectivity index (χ1v) is 7.85. The molecule has 0 bridgehead atoms. The molecular formula is C14H17N5OS. The molecule has 0 radical (unpaired) electrons. The topological polar surface area (TPSA) is 71.0 Å². The summed E-state index contributed by atoms with van der Waals surface area (Å²) in [6.07, 6.45) is 5.35. The van der Waals surface area contributed by atoms with E-state index in [1.807, 2.05) is 4.90 Å². The minimum Gasteiger partial charge on any atom is -0.343 e. The van der Waals surface area contributed by atoms with Crippen molar-refractivity contribution >= 4 is 28.3 Å². The summed E-state index contributed by atoms with van der Waals surface area (Å²) in [4.78, 5) is 26.1. The van der Waals surface area contributed by atoms with Crippen molar-refractivity contribution in [1.29, 1.82) is 0 Å². The van der Waals surface area contributed by atoms with Crippen LogP contribution in [0.3, 0.4) is 0 Å². The number of thiazole rings is 1. The molecule has 6 nitrogen and oxygen atoms in total. The third-order valence-corrected chi connectivity index (χ3v) is 4.44. The maximum atomic E-state index is 11.3. The lowest BCUT2D eigenvalue weighted by Gasteiger charge is -2.30. The number of aromatic nitrogens is 3. The van der Waals surface area contributed by atoms with Crippen molar-refractivity contribution in [3.8, 4) is 0 Å². The summed E-state index contributed by atoms with van der Waals surface area (Å²) in [5.74, 6) is 1.16. The number of rotatable bonds is 3. The van der Waals surface area contributed by atoms with Gasteiger partial charge in [0.05, 0.1) is 5.69 Å². The molecule has 0 unspecified atom stereocenters. The SMILES string of the molecule is CC(=O)N1CCC(c2csc(Nc3ncccn3)n2)CC1. The molecule has 2 aromatic rings. The highest BCUT2D eigenvalue weighted by molar-refractivity contribution is 7.13. The number of hydrogen-bond donors (Lipinski definition) is 1. The fraction of sp³-hybridized carbons (Fsp3) is 0.429. The number of nitrogens with zero attached hydrogens (tertiary/aromatic N) is 4. The molecule has 1 fully saturated rings. The fourth-order valence-corrected chi connectivity index (χ4v) is 3.27. The Morgan fingerprint density at radius 2 is 2.05 bits per heavy atom. The van der Waals surface area contributed by atoms with Crippen LogP contribution in [-0.2, 0) is 4.79 Å². The lowest BCUT2D eigenvalue weighted by Crippen LogP contribution is -2.36. The summed E-state index contributed by atoms with van der Waals surface area (Å²) in [6, 6.07) is 1.78. The third kappa shape index (κ3) is 3.36. The summed E-state index contributed by atoms with van der Waals surface area (Å²) in [7, 11) is 0. The van der Waals surface area contributed by atoms with E-state index in [2.05, 4.69) is 25.6 Å². The second-order valence-electron chi connectivity index (χ2n) is 5.06. The molecule has 0 saturated carbocycles. The smallest absolute Gasteiger partial charge is 0.228 e. The van der Waals surface area contributed by atoms with Gasteiger partial charge in [0.2, 0.25) is 11.9 Å². The number of hydrogen-bond acceptors (Lipinski definition) is 6. The molecule has 1 saturated heterocycles.